The lowest BCUT2D eigenvalue weighted by molar-refractivity contribution is -0.134. The monoisotopic (exact) mass is 357 g/mol. The SMILES string of the molecule is CC(C)N1CCNC(=O)[C@@H]1CC(=O)NCc1ccc(-c2ncon2)cc1. The molecular formula is C18H23N5O3. The van der Waals surface area contributed by atoms with Crippen molar-refractivity contribution in [2.24, 2.45) is 0 Å². The summed E-state index contributed by atoms with van der Waals surface area (Å²) in [4.78, 5) is 30.5. The van der Waals surface area contributed by atoms with Crippen molar-refractivity contribution in [2.45, 2.75) is 38.9 Å². The van der Waals surface area contributed by atoms with E-state index in [0.717, 1.165) is 17.7 Å². The number of benzene rings is 1. The Morgan fingerprint density at radius 2 is 2.15 bits per heavy atom. The Kier molecular flexibility index (Phi) is 5.62. The van der Waals surface area contributed by atoms with Crippen molar-refractivity contribution in [3.8, 4) is 11.4 Å². The highest BCUT2D eigenvalue weighted by Crippen LogP contribution is 2.15. The first-order valence-corrected chi connectivity index (χ1v) is 8.70. The number of hydrogen-bond acceptors (Lipinski definition) is 6. The summed E-state index contributed by atoms with van der Waals surface area (Å²) < 4.78 is 4.73. The van der Waals surface area contributed by atoms with Crippen molar-refractivity contribution in [3.63, 3.8) is 0 Å². The van der Waals surface area contributed by atoms with E-state index in [9.17, 15) is 9.59 Å². The van der Waals surface area contributed by atoms with Gasteiger partial charge in [0.2, 0.25) is 24.0 Å². The van der Waals surface area contributed by atoms with Crippen LogP contribution >= 0.6 is 0 Å². The van der Waals surface area contributed by atoms with Crippen LogP contribution in [0.1, 0.15) is 25.8 Å². The first-order chi connectivity index (χ1) is 12.5. The third-order valence-electron chi connectivity index (χ3n) is 4.48. The van der Waals surface area contributed by atoms with Gasteiger partial charge in [-0.05, 0) is 19.4 Å². The summed E-state index contributed by atoms with van der Waals surface area (Å²) in [5.74, 6) is 0.308. The third-order valence-corrected chi connectivity index (χ3v) is 4.48. The Balaban J connectivity index is 1.54. The van der Waals surface area contributed by atoms with Gasteiger partial charge < -0.3 is 15.2 Å². The summed E-state index contributed by atoms with van der Waals surface area (Å²) in [5, 5.41) is 9.51. The van der Waals surface area contributed by atoms with Gasteiger partial charge in [0.05, 0.1) is 12.5 Å². The fraction of sp³-hybridized carbons (Fsp3) is 0.444. The summed E-state index contributed by atoms with van der Waals surface area (Å²) in [5.41, 5.74) is 1.81. The van der Waals surface area contributed by atoms with E-state index in [4.69, 9.17) is 4.52 Å². The number of amides is 2. The van der Waals surface area contributed by atoms with E-state index < -0.39 is 6.04 Å². The zero-order valence-corrected chi connectivity index (χ0v) is 14.9. The second-order valence-electron chi connectivity index (χ2n) is 6.57. The van der Waals surface area contributed by atoms with E-state index in [-0.39, 0.29) is 24.3 Å². The van der Waals surface area contributed by atoms with Gasteiger partial charge in [0.1, 0.15) is 0 Å². The average Bonchev–Trinajstić information content (AvgIpc) is 3.16. The van der Waals surface area contributed by atoms with E-state index in [1.807, 2.05) is 38.1 Å². The molecule has 8 heteroatoms. The molecule has 2 amide bonds. The van der Waals surface area contributed by atoms with Crippen LogP contribution in [0.25, 0.3) is 11.4 Å². The minimum absolute atomic E-state index is 0.0791. The number of carbonyl (C=O) groups excluding carboxylic acids is 2. The van der Waals surface area contributed by atoms with Crippen LogP contribution in [-0.4, -0.2) is 52.0 Å². The van der Waals surface area contributed by atoms with Crippen LogP contribution in [0.5, 0.6) is 0 Å². The van der Waals surface area contributed by atoms with Crippen LogP contribution in [0.2, 0.25) is 0 Å². The molecule has 0 aliphatic carbocycles. The first-order valence-electron chi connectivity index (χ1n) is 8.70. The summed E-state index contributed by atoms with van der Waals surface area (Å²) in [7, 11) is 0. The molecule has 0 radical (unpaired) electrons. The van der Waals surface area contributed by atoms with Crippen LogP contribution < -0.4 is 10.6 Å². The quantitative estimate of drug-likeness (QED) is 0.798. The second kappa shape index (κ2) is 8.09. The van der Waals surface area contributed by atoms with Crippen molar-refractivity contribution in [3.05, 3.63) is 36.2 Å². The average molecular weight is 357 g/mol. The van der Waals surface area contributed by atoms with Gasteiger partial charge in [0.15, 0.2) is 0 Å². The van der Waals surface area contributed by atoms with Crippen LogP contribution in [0.4, 0.5) is 0 Å². The highest BCUT2D eigenvalue weighted by atomic mass is 16.5. The molecule has 1 atom stereocenters. The molecule has 1 aliphatic heterocycles. The van der Waals surface area contributed by atoms with Gasteiger partial charge in [-0.1, -0.05) is 29.4 Å². The number of nitrogens with one attached hydrogen (secondary N) is 2. The maximum atomic E-state index is 12.3. The largest absolute Gasteiger partial charge is 0.353 e. The van der Waals surface area contributed by atoms with Crippen molar-refractivity contribution >= 4 is 11.8 Å². The van der Waals surface area contributed by atoms with Gasteiger partial charge in [0.25, 0.3) is 0 Å². The van der Waals surface area contributed by atoms with Gasteiger partial charge in [-0.25, -0.2) is 0 Å². The Morgan fingerprint density at radius 3 is 2.81 bits per heavy atom. The molecule has 1 saturated heterocycles. The van der Waals surface area contributed by atoms with E-state index >= 15 is 0 Å². The molecule has 0 saturated carbocycles. The highest BCUT2D eigenvalue weighted by molar-refractivity contribution is 5.88. The number of rotatable bonds is 6. The molecular weight excluding hydrogens is 334 g/mol. The predicted octanol–water partition coefficient (Wildman–Crippen LogP) is 0.952. The van der Waals surface area contributed by atoms with E-state index in [1.54, 1.807) is 0 Å². The molecule has 8 nitrogen and oxygen atoms in total. The van der Waals surface area contributed by atoms with Crippen LogP contribution in [-0.2, 0) is 16.1 Å². The van der Waals surface area contributed by atoms with Crippen molar-refractivity contribution in [1.29, 1.82) is 0 Å². The van der Waals surface area contributed by atoms with Crippen molar-refractivity contribution in [2.75, 3.05) is 13.1 Å². The van der Waals surface area contributed by atoms with Gasteiger partial charge in [0, 0.05) is 31.2 Å². The lowest BCUT2D eigenvalue weighted by Crippen LogP contribution is -2.58. The van der Waals surface area contributed by atoms with Crippen molar-refractivity contribution in [1.82, 2.24) is 25.7 Å². The molecule has 3 rings (SSSR count). The smallest absolute Gasteiger partial charge is 0.237 e. The summed E-state index contributed by atoms with van der Waals surface area (Å²) in [6, 6.07) is 7.36. The number of piperazine rings is 1. The molecule has 2 N–H and O–H groups in total. The molecule has 0 bridgehead atoms. The Hall–Kier alpha value is -2.74. The van der Waals surface area contributed by atoms with Gasteiger partial charge in [-0.15, -0.1) is 0 Å². The predicted molar refractivity (Wildman–Crippen MR) is 94.8 cm³/mol. The highest BCUT2D eigenvalue weighted by Gasteiger charge is 2.32. The summed E-state index contributed by atoms with van der Waals surface area (Å²) >= 11 is 0. The molecule has 0 spiro atoms. The number of hydrogen-bond donors (Lipinski definition) is 2. The molecule has 2 heterocycles. The zero-order chi connectivity index (χ0) is 18.5. The molecule has 26 heavy (non-hydrogen) atoms. The number of nitrogens with zero attached hydrogens (tertiary/aromatic N) is 3. The molecule has 0 unspecified atom stereocenters. The topological polar surface area (TPSA) is 100 Å². The Bertz CT molecular complexity index is 743. The minimum Gasteiger partial charge on any atom is -0.353 e. The lowest BCUT2D eigenvalue weighted by Gasteiger charge is -2.37. The van der Waals surface area contributed by atoms with E-state index in [2.05, 4.69) is 25.7 Å². The van der Waals surface area contributed by atoms with Crippen LogP contribution in [0, 0.1) is 0 Å². The third kappa shape index (κ3) is 4.26. The van der Waals surface area contributed by atoms with Crippen LogP contribution in [0.3, 0.4) is 0 Å². The molecule has 2 aromatic rings. The van der Waals surface area contributed by atoms with Gasteiger partial charge in [-0.3, -0.25) is 14.5 Å². The molecule has 1 aromatic heterocycles. The summed E-state index contributed by atoms with van der Waals surface area (Å²) in [6.07, 6.45) is 1.44. The van der Waals surface area contributed by atoms with E-state index in [1.165, 1.54) is 6.39 Å². The Labute approximate surface area is 151 Å². The number of carbonyl (C=O) groups is 2. The van der Waals surface area contributed by atoms with Crippen molar-refractivity contribution < 1.29 is 14.1 Å². The van der Waals surface area contributed by atoms with E-state index in [0.29, 0.717) is 18.9 Å². The first kappa shape index (κ1) is 18.1. The van der Waals surface area contributed by atoms with Gasteiger partial charge in [-0.2, -0.15) is 4.98 Å². The van der Waals surface area contributed by atoms with Crippen LogP contribution in [0.15, 0.2) is 35.2 Å². The second-order valence-corrected chi connectivity index (χ2v) is 6.57. The van der Waals surface area contributed by atoms with Gasteiger partial charge >= 0.3 is 0 Å². The normalized spacial score (nSPS) is 18.0. The standard InChI is InChI=1S/C18H23N5O3/c1-12(2)23-8-7-19-18(25)15(23)9-16(24)20-10-13-3-5-14(6-4-13)17-21-11-26-22-17/h3-6,11-12,15H,7-10H2,1-2H3,(H,19,25)(H,20,24)/t15-/m0/s1. The minimum atomic E-state index is -0.413. The fourth-order valence-corrected chi connectivity index (χ4v) is 3.08. The molecule has 138 valence electrons. The summed E-state index contributed by atoms with van der Waals surface area (Å²) in [6.45, 7) is 5.87. The molecule has 1 aromatic carbocycles. The molecule has 1 aliphatic rings. The maximum Gasteiger partial charge on any atom is 0.237 e. The fourth-order valence-electron chi connectivity index (χ4n) is 3.08. The maximum absolute atomic E-state index is 12.3. The zero-order valence-electron chi connectivity index (χ0n) is 14.9. The lowest BCUT2D eigenvalue weighted by atomic mass is 10.1. The Morgan fingerprint density at radius 1 is 1.38 bits per heavy atom. The molecule has 1 fully saturated rings. The number of aromatic nitrogens is 2.